The van der Waals surface area contributed by atoms with Gasteiger partial charge in [0.2, 0.25) is 11.8 Å². The van der Waals surface area contributed by atoms with E-state index >= 15 is 0 Å². The topological polar surface area (TPSA) is 102 Å². The number of aromatic nitrogens is 2. The highest BCUT2D eigenvalue weighted by atomic mass is 19.4. The lowest BCUT2D eigenvalue weighted by molar-refractivity contribution is -0.138. The fraction of sp³-hybridized carbons (Fsp3) is 0.0526. The number of hydrogen-bond donors (Lipinski definition) is 2. The van der Waals surface area contributed by atoms with E-state index in [1.165, 1.54) is 79.0 Å². The molecule has 6 rings (SSSR count). The van der Waals surface area contributed by atoms with Crippen LogP contribution in [0.4, 0.5) is 50.9 Å². The molecule has 0 saturated carbocycles. The molecule has 0 atom stereocenters. The third-order valence-electron chi connectivity index (χ3n) is 7.01. The molecule has 0 aliphatic rings. The van der Waals surface area contributed by atoms with E-state index < -0.39 is 52.7 Å². The van der Waals surface area contributed by atoms with Crippen molar-refractivity contribution in [2.24, 2.45) is 0 Å². The smallest absolute Gasteiger partial charge is 0.416 e. The second kappa shape index (κ2) is 16.8. The van der Waals surface area contributed by atoms with Crippen molar-refractivity contribution in [1.82, 2.24) is 9.97 Å². The number of nitrogens with one attached hydrogen (secondary N) is 2. The molecule has 8 nitrogen and oxygen atoms in total. The summed E-state index contributed by atoms with van der Waals surface area (Å²) >= 11 is 0. The van der Waals surface area contributed by atoms with Crippen molar-refractivity contribution in [3.05, 3.63) is 167 Å². The highest BCUT2D eigenvalue weighted by Crippen LogP contribution is 2.34. The van der Waals surface area contributed by atoms with Crippen molar-refractivity contribution in [2.75, 3.05) is 10.6 Å². The number of alkyl halides is 6. The van der Waals surface area contributed by atoms with Gasteiger partial charge in [-0.25, -0.2) is 23.1 Å². The molecule has 4 aromatic carbocycles. The molecule has 55 heavy (non-hydrogen) atoms. The minimum absolute atomic E-state index is 0.0104. The fourth-order valence-corrected chi connectivity index (χ4v) is 4.46. The number of nitrogens with zero attached hydrogens (tertiary/aromatic N) is 2. The molecule has 0 bridgehead atoms. The Morgan fingerprint density at radius 3 is 1.80 bits per heavy atom. The first kappa shape index (κ1) is 39.3. The summed E-state index contributed by atoms with van der Waals surface area (Å²) < 4.78 is 127. The van der Waals surface area contributed by atoms with E-state index in [2.05, 4.69) is 20.6 Å². The molecule has 0 fully saturated rings. The van der Waals surface area contributed by atoms with Crippen LogP contribution >= 0.6 is 0 Å². The van der Waals surface area contributed by atoms with Gasteiger partial charge < -0.3 is 20.1 Å². The third-order valence-corrected chi connectivity index (χ3v) is 7.01. The van der Waals surface area contributed by atoms with Crippen molar-refractivity contribution in [1.29, 1.82) is 0 Å². The van der Waals surface area contributed by atoms with Gasteiger partial charge in [-0.1, -0.05) is 18.2 Å². The van der Waals surface area contributed by atoms with Crippen LogP contribution in [0.1, 0.15) is 32.0 Å². The minimum atomic E-state index is -4.57. The monoisotopic (exact) mass is 770 g/mol. The Kier molecular flexibility index (Phi) is 12.0. The van der Waals surface area contributed by atoms with Crippen LogP contribution in [0.25, 0.3) is 0 Å². The van der Waals surface area contributed by atoms with Gasteiger partial charge in [0.15, 0.2) is 0 Å². The molecule has 0 aliphatic heterocycles. The average Bonchev–Trinajstić information content (AvgIpc) is 3.14. The highest BCUT2D eigenvalue weighted by molar-refractivity contribution is 6.06. The van der Waals surface area contributed by atoms with E-state index in [0.717, 1.165) is 42.5 Å². The van der Waals surface area contributed by atoms with Gasteiger partial charge in [0.05, 0.1) is 16.8 Å². The number of ether oxygens (including phenoxy) is 2. The minimum Gasteiger partial charge on any atom is -0.439 e. The molecule has 0 radical (unpaired) electrons. The lowest BCUT2D eigenvalue weighted by Gasteiger charge is -2.12. The van der Waals surface area contributed by atoms with Crippen molar-refractivity contribution in [3.63, 3.8) is 0 Å². The molecule has 0 aliphatic carbocycles. The number of carbonyl (C=O) groups is 2. The summed E-state index contributed by atoms with van der Waals surface area (Å²) in [5.41, 5.74) is -1.86. The Labute approximate surface area is 305 Å². The van der Waals surface area contributed by atoms with Gasteiger partial charge in [-0.3, -0.25) is 9.59 Å². The predicted octanol–water partition coefficient (Wildman–Crippen LogP) is 10.7. The highest BCUT2D eigenvalue weighted by Gasteiger charge is 2.31. The molecule has 17 heteroatoms. The summed E-state index contributed by atoms with van der Waals surface area (Å²) in [5, 5.41) is 4.77. The second-order valence-corrected chi connectivity index (χ2v) is 11.0. The zero-order valence-electron chi connectivity index (χ0n) is 27.6. The quantitative estimate of drug-likeness (QED) is 0.149. The van der Waals surface area contributed by atoms with Crippen LogP contribution in [0.2, 0.25) is 0 Å². The van der Waals surface area contributed by atoms with Crippen LogP contribution in [0.5, 0.6) is 23.3 Å². The Balaban J connectivity index is 0.000000211. The van der Waals surface area contributed by atoms with E-state index in [4.69, 9.17) is 9.47 Å². The number of hydrogen-bond acceptors (Lipinski definition) is 6. The van der Waals surface area contributed by atoms with E-state index in [9.17, 15) is 49.1 Å². The first-order chi connectivity index (χ1) is 26.0. The van der Waals surface area contributed by atoms with Crippen LogP contribution in [0.3, 0.4) is 0 Å². The number of halogens is 9. The zero-order valence-corrected chi connectivity index (χ0v) is 27.6. The van der Waals surface area contributed by atoms with Crippen LogP contribution in [0, 0.1) is 17.5 Å². The zero-order chi connectivity index (χ0) is 39.8. The Hall–Kier alpha value is -6.91. The summed E-state index contributed by atoms with van der Waals surface area (Å²) in [5.74, 6) is -4.21. The van der Waals surface area contributed by atoms with Crippen LogP contribution in [-0.2, 0) is 12.4 Å². The standard InChI is InChI=1S/C19H11F5N2O2.C19H12F4N2O2/c20-12-6-7-16(15(21)10-12)26-17(27)14-5-2-8-25-18(14)28-13-4-1-3-11(9-13)19(22,23)24;20-13-7-9-14(10-8-13)24-18(26)16-5-2-6-17(25-16)27-15-4-1-3-12(11-15)19(21,22)23/h1-10H,(H,26,27);1-11H,(H,24,26). The van der Waals surface area contributed by atoms with Gasteiger partial charge in [0, 0.05) is 24.0 Å². The Bertz CT molecular complexity index is 2300. The summed E-state index contributed by atoms with van der Waals surface area (Å²) in [6.45, 7) is 0. The number of pyridine rings is 2. The molecule has 282 valence electrons. The number of anilines is 2. The first-order valence-electron chi connectivity index (χ1n) is 15.5. The van der Waals surface area contributed by atoms with Gasteiger partial charge >= 0.3 is 12.4 Å². The largest absolute Gasteiger partial charge is 0.439 e. The van der Waals surface area contributed by atoms with Crippen LogP contribution < -0.4 is 20.1 Å². The number of rotatable bonds is 8. The lowest BCUT2D eigenvalue weighted by Crippen LogP contribution is -2.14. The molecule has 0 unspecified atom stereocenters. The molecule has 0 saturated heterocycles. The van der Waals surface area contributed by atoms with Crippen LogP contribution in [-0.4, -0.2) is 21.8 Å². The van der Waals surface area contributed by atoms with Crippen molar-refractivity contribution in [2.45, 2.75) is 12.4 Å². The van der Waals surface area contributed by atoms with Gasteiger partial charge in [-0.2, -0.15) is 26.3 Å². The Morgan fingerprint density at radius 1 is 0.582 bits per heavy atom. The normalized spacial score (nSPS) is 11.1. The maximum Gasteiger partial charge on any atom is 0.416 e. The van der Waals surface area contributed by atoms with Crippen LogP contribution in [0.15, 0.2) is 128 Å². The summed E-state index contributed by atoms with van der Waals surface area (Å²) in [7, 11) is 0. The maximum atomic E-state index is 13.7. The molecular weight excluding hydrogens is 747 g/mol. The van der Waals surface area contributed by atoms with Crippen molar-refractivity contribution < 1.29 is 58.6 Å². The van der Waals surface area contributed by atoms with E-state index in [1.807, 2.05) is 0 Å². The Morgan fingerprint density at radius 2 is 1.18 bits per heavy atom. The maximum absolute atomic E-state index is 13.7. The van der Waals surface area contributed by atoms with Crippen molar-refractivity contribution >= 4 is 23.2 Å². The number of carbonyl (C=O) groups excluding carboxylic acids is 2. The molecule has 2 aromatic heterocycles. The average molecular weight is 771 g/mol. The van der Waals surface area contributed by atoms with Gasteiger partial charge in [-0.05, 0) is 91.0 Å². The number of amides is 2. The molecule has 6 aromatic rings. The first-order valence-corrected chi connectivity index (χ1v) is 15.5. The van der Waals surface area contributed by atoms with Gasteiger partial charge in [-0.15, -0.1) is 0 Å². The third kappa shape index (κ3) is 11.0. The predicted molar refractivity (Wildman–Crippen MR) is 180 cm³/mol. The summed E-state index contributed by atoms with van der Waals surface area (Å²) in [6.07, 6.45) is -7.79. The van der Waals surface area contributed by atoms with Gasteiger partial charge in [0.1, 0.15) is 40.2 Å². The molecule has 2 amide bonds. The summed E-state index contributed by atoms with van der Waals surface area (Å²) in [6, 6.07) is 23.1. The number of benzene rings is 4. The van der Waals surface area contributed by atoms with E-state index in [-0.39, 0.29) is 40.2 Å². The van der Waals surface area contributed by atoms with Gasteiger partial charge in [0.25, 0.3) is 11.8 Å². The molecule has 2 N–H and O–H groups in total. The van der Waals surface area contributed by atoms with Crippen molar-refractivity contribution in [3.8, 4) is 23.3 Å². The van der Waals surface area contributed by atoms with E-state index in [1.54, 1.807) is 0 Å². The fourth-order valence-electron chi connectivity index (χ4n) is 4.46. The second-order valence-electron chi connectivity index (χ2n) is 11.0. The lowest BCUT2D eigenvalue weighted by atomic mass is 10.2. The van der Waals surface area contributed by atoms with E-state index in [0.29, 0.717) is 11.8 Å². The SMILES string of the molecule is O=C(Nc1ccc(F)cc1)c1cccc(Oc2cccc(C(F)(F)F)c2)n1.O=C(Nc1ccc(F)cc1F)c1cccnc1Oc1cccc(C(F)(F)F)c1. The molecular formula is C38H23F9N4O4. The molecule has 0 spiro atoms. The molecule has 2 heterocycles. The summed E-state index contributed by atoms with van der Waals surface area (Å²) in [4.78, 5) is 32.5.